The number of amides is 1. The normalized spacial score (nSPS) is 11.2. The van der Waals surface area contributed by atoms with Gasteiger partial charge in [-0.25, -0.2) is 8.42 Å². The molecule has 0 atom stereocenters. The molecule has 1 amide bonds. The predicted octanol–water partition coefficient (Wildman–Crippen LogP) is 3.35. The number of hydrogen-bond donors (Lipinski definition) is 1. The Bertz CT molecular complexity index is 833. The van der Waals surface area contributed by atoms with Crippen molar-refractivity contribution in [3.05, 3.63) is 59.7 Å². The number of anilines is 2. The van der Waals surface area contributed by atoms with Crippen LogP contribution in [0.4, 0.5) is 11.4 Å². The van der Waals surface area contributed by atoms with Gasteiger partial charge in [0.1, 0.15) is 0 Å². The highest BCUT2D eigenvalue weighted by atomic mass is 32.2. The standard InChI is InChI=1S/C19H24N2O3S/c1-4-16-10-8-9-15(2)19(16)20-18(22)13-14-21(25(3,23)24)17-11-6-5-7-12-17/h5-12H,4,13-14H2,1-3H3,(H,20,22). The number of carbonyl (C=O) groups is 1. The monoisotopic (exact) mass is 360 g/mol. The molecular formula is C19H24N2O3S. The van der Waals surface area contributed by atoms with E-state index in [9.17, 15) is 13.2 Å². The van der Waals surface area contributed by atoms with Crippen LogP contribution in [0.15, 0.2) is 48.5 Å². The lowest BCUT2D eigenvalue weighted by Gasteiger charge is -2.22. The molecule has 0 heterocycles. The summed E-state index contributed by atoms with van der Waals surface area (Å²) in [5.74, 6) is -0.200. The van der Waals surface area contributed by atoms with Crippen molar-refractivity contribution in [2.24, 2.45) is 0 Å². The van der Waals surface area contributed by atoms with E-state index in [1.165, 1.54) is 4.31 Å². The molecule has 0 aliphatic rings. The molecule has 6 heteroatoms. The fraction of sp³-hybridized carbons (Fsp3) is 0.316. The van der Waals surface area contributed by atoms with Gasteiger partial charge in [-0.05, 0) is 36.6 Å². The first-order chi connectivity index (χ1) is 11.8. The summed E-state index contributed by atoms with van der Waals surface area (Å²) in [5.41, 5.74) is 3.44. The number of carbonyl (C=O) groups excluding carboxylic acids is 1. The molecule has 0 saturated heterocycles. The average molecular weight is 360 g/mol. The highest BCUT2D eigenvalue weighted by Gasteiger charge is 2.18. The van der Waals surface area contributed by atoms with E-state index in [-0.39, 0.29) is 18.9 Å². The van der Waals surface area contributed by atoms with Crippen LogP contribution < -0.4 is 9.62 Å². The van der Waals surface area contributed by atoms with Crippen LogP contribution in [0.1, 0.15) is 24.5 Å². The Kier molecular flexibility index (Phi) is 6.20. The summed E-state index contributed by atoms with van der Waals surface area (Å²) in [6, 6.07) is 14.7. The smallest absolute Gasteiger partial charge is 0.232 e. The van der Waals surface area contributed by atoms with Crippen molar-refractivity contribution < 1.29 is 13.2 Å². The lowest BCUT2D eigenvalue weighted by molar-refractivity contribution is -0.116. The zero-order valence-electron chi connectivity index (χ0n) is 14.8. The van der Waals surface area contributed by atoms with Gasteiger partial charge in [0.05, 0.1) is 11.9 Å². The van der Waals surface area contributed by atoms with Crippen molar-refractivity contribution in [2.75, 3.05) is 22.4 Å². The molecule has 25 heavy (non-hydrogen) atoms. The molecule has 2 aromatic carbocycles. The summed E-state index contributed by atoms with van der Waals surface area (Å²) in [4.78, 5) is 12.4. The minimum Gasteiger partial charge on any atom is -0.326 e. The van der Waals surface area contributed by atoms with Crippen LogP contribution in [0, 0.1) is 6.92 Å². The van der Waals surface area contributed by atoms with Gasteiger partial charge < -0.3 is 5.32 Å². The molecule has 0 aliphatic heterocycles. The minimum atomic E-state index is -3.45. The summed E-state index contributed by atoms with van der Waals surface area (Å²) < 4.78 is 25.4. The third-order valence-electron chi connectivity index (χ3n) is 3.99. The fourth-order valence-electron chi connectivity index (χ4n) is 2.69. The SMILES string of the molecule is CCc1cccc(C)c1NC(=O)CCN(c1ccccc1)S(C)(=O)=O. The molecule has 2 rings (SSSR count). The number of benzene rings is 2. The summed E-state index contributed by atoms with van der Waals surface area (Å²) in [6.07, 6.45) is 2.05. The Morgan fingerprint density at radius 2 is 1.76 bits per heavy atom. The van der Waals surface area contributed by atoms with E-state index in [4.69, 9.17) is 0 Å². The largest absolute Gasteiger partial charge is 0.326 e. The van der Waals surface area contributed by atoms with E-state index in [1.54, 1.807) is 24.3 Å². The quantitative estimate of drug-likeness (QED) is 0.823. The van der Waals surface area contributed by atoms with E-state index in [0.717, 1.165) is 29.5 Å². The Hall–Kier alpha value is -2.34. The molecule has 0 spiro atoms. The number of rotatable bonds is 7. The van der Waals surface area contributed by atoms with Crippen molar-refractivity contribution in [1.82, 2.24) is 0 Å². The Balaban J connectivity index is 2.10. The van der Waals surface area contributed by atoms with Crippen LogP contribution in [-0.2, 0) is 21.2 Å². The number of hydrogen-bond acceptors (Lipinski definition) is 3. The van der Waals surface area contributed by atoms with Gasteiger partial charge in [-0.3, -0.25) is 9.10 Å². The summed E-state index contributed by atoms with van der Waals surface area (Å²) in [5, 5.41) is 2.93. The first-order valence-corrected chi connectivity index (χ1v) is 10.1. The van der Waals surface area contributed by atoms with Gasteiger partial charge >= 0.3 is 0 Å². The number of nitrogens with zero attached hydrogens (tertiary/aromatic N) is 1. The van der Waals surface area contributed by atoms with Crippen molar-refractivity contribution in [3.8, 4) is 0 Å². The molecule has 5 nitrogen and oxygen atoms in total. The van der Waals surface area contributed by atoms with E-state index in [1.807, 2.05) is 38.1 Å². The molecule has 0 unspecified atom stereocenters. The van der Waals surface area contributed by atoms with Gasteiger partial charge in [-0.1, -0.05) is 43.3 Å². The van der Waals surface area contributed by atoms with E-state index in [0.29, 0.717) is 5.69 Å². The second-order valence-electron chi connectivity index (χ2n) is 5.93. The molecule has 0 saturated carbocycles. The second-order valence-corrected chi connectivity index (χ2v) is 7.84. The highest BCUT2D eigenvalue weighted by Crippen LogP contribution is 2.22. The van der Waals surface area contributed by atoms with Gasteiger partial charge in [0.2, 0.25) is 15.9 Å². The van der Waals surface area contributed by atoms with Crippen LogP contribution in [0.3, 0.4) is 0 Å². The van der Waals surface area contributed by atoms with E-state index < -0.39 is 10.0 Å². The molecule has 0 aromatic heterocycles. The Morgan fingerprint density at radius 3 is 2.36 bits per heavy atom. The van der Waals surface area contributed by atoms with Crippen LogP contribution in [-0.4, -0.2) is 27.1 Å². The number of sulfonamides is 1. The van der Waals surface area contributed by atoms with E-state index >= 15 is 0 Å². The first-order valence-electron chi connectivity index (χ1n) is 8.24. The van der Waals surface area contributed by atoms with Crippen LogP contribution >= 0.6 is 0 Å². The van der Waals surface area contributed by atoms with Crippen molar-refractivity contribution in [1.29, 1.82) is 0 Å². The van der Waals surface area contributed by atoms with Crippen LogP contribution in [0.5, 0.6) is 0 Å². The molecule has 0 bridgehead atoms. The number of para-hydroxylation sites is 2. The average Bonchev–Trinajstić information content (AvgIpc) is 2.56. The van der Waals surface area contributed by atoms with Crippen molar-refractivity contribution >= 4 is 27.3 Å². The van der Waals surface area contributed by atoms with Crippen LogP contribution in [0.25, 0.3) is 0 Å². The fourth-order valence-corrected chi connectivity index (χ4v) is 3.62. The van der Waals surface area contributed by atoms with Gasteiger partial charge in [-0.15, -0.1) is 0 Å². The molecule has 0 radical (unpaired) electrons. The Labute approximate surface area is 149 Å². The molecule has 1 N–H and O–H groups in total. The zero-order valence-corrected chi connectivity index (χ0v) is 15.6. The predicted molar refractivity (Wildman–Crippen MR) is 102 cm³/mol. The van der Waals surface area contributed by atoms with E-state index in [2.05, 4.69) is 5.32 Å². The first kappa shape index (κ1) is 19.0. The van der Waals surface area contributed by atoms with Gasteiger partial charge in [0.25, 0.3) is 0 Å². The van der Waals surface area contributed by atoms with Crippen molar-refractivity contribution in [3.63, 3.8) is 0 Å². The third kappa shape index (κ3) is 5.06. The highest BCUT2D eigenvalue weighted by molar-refractivity contribution is 7.92. The second kappa shape index (κ2) is 8.16. The molecule has 0 fully saturated rings. The van der Waals surface area contributed by atoms with Gasteiger partial charge in [0, 0.05) is 18.7 Å². The summed E-state index contributed by atoms with van der Waals surface area (Å²) in [7, 11) is -3.45. The zero-order chi connectivity index (χ0) is 18.4. The lowest BCUT2D eigenvalue weighted by Crippen LogP contribution is -2.33. The maximum atomic E-state index is 12.4. The maximum Gasteiger partial charge on any atom is 0.232 e. The van der Waals surface area contributed by atoms with Crippen molar-refractivity contribution in [2.45, 2.75) is 26.7 Å². The summed E-state index contributed by atoms with van der Waals surface area (Å²) in [6.45, 7) is 4.08. The topological polar surface area (TPSA) is 66.5 Å². The van der Waals surface area contributed by atoms with Gasteiger partial charge in [-0.2, -0.15) is 0 Å². The molecule has 134 valence electrons. The third-order valence-corrected chi connectivity index (χ3v) is 5.18. The Morgan fingerprint density at radius 1 is 1.08 bits per heavy atom. The van der Waals surface area contributed by atoms with Gasteiger partial charge in [0.15, 0.2) is 0 Å². The maximum absolute atomic E-state index is 12.4. The summed E-state index contributed by atoms with van der Waals surface area (Å²) >= 11 is 0. The minimum absolute atomic E-state index is 0.0828. The lowest BCUT2D eigenvalue weighted by atomic mass is 10.1. The molecule has 0 aliphatic carbocycles. The molecular weight excluding hydrogens is 336 g/mol. The van der Waals surface area contributed by atoms with Crippen LogP contribution in [0.2, 0.25) is 0 Å². The number of aryl methyl sites for hydroxylation is 2. The number of nitrogens with one attached hydrogen (secondary N) is 1. The molecule has 2 aromatic rings.